The lowest BCUT2D eigenvalue weighted by atomic mass is 10.0. The third-order valence-electron chi connectivity index (χ3n) is 5.06. The molecule has 0 spiro atoms. The van der Waals surface area contributed by atoms with Crippen LogP contribution in [0.15, 0.2) is 54.6 Å². The molecule has 3 aromatic rings. The van der Waals surface area contributed by atoms with Crippen LogP contribution in [0.4, 0.5) is 5.00 Å². The quantitative estimate of drug-likeness (QED) is 0.452. The van der Waals surface area contributed by atoms with Crippen LogP contribution in [-0.2, 0) is 9.53 Å². The Morgan fingerprint density at radius 2 is 1.56 bits per heavy atom. The molecular formula is C24H20N2O5S. The van der Waals surface area contributed by atoms with Gasteiger partial charge in [-0.25, -0.2) is 4.79 Å². The second kappa shape index (κ2) is 8.76. The maximum absolute atomic E-state index is 12.8. The Morgan fingerprint density at radius 1 is 0.969 bits per heavy atom. The Bertz CT molecular complexity index is 1200. The van der Waals surface area contributed by atoms with E-state index in [1.54, 1.807) is 31.2 Å². The molecule has 32 heavy (non-hydrogen) atoms. The van der Waals surface area contributed by atoms with Crippen LogP contribution in [-0.4, -0.2) is 41.7 Å². The first-order chi connectivity index (χ1) is 15.4. The van der Waals surface area contributed by atoms with Crippen molar-refractivity contribution >= 4 is 40.0 Å². The molecule has 8 heteroatoms. The molecule has 0 bridgehead atoms. The molecule has 1 aromatic heterocycles. The smallest absolute Gasteiger partial charge is 0.341 e. The summed E-state index contributed by atoms with van der Waals surface area (Å²) in [7, 11) is 0. The Balaban J connectivity index is 1.62. The molecular weight excluding hydrogens is 428 g/mol. The van der Waals surface area contributed by atoms with E-state index in [0.717, 1.165) is 15.3 Å². The molecule has 2 heterocycles. The van der Waals surface area contributed by atoms with Crippen LogP contribution in [0.1, 0.15) is 42.9 Å². The number of anilines is 1. The summed E-state index contributed by atoms with van der Waals surface area (Å²) in [6.07, 6.45) is 0. The summed E-state index contributed by atoms with van der Waals surface area (Å²) in [5.74, 6) is -2.16. The van der Waals surface area contributed by atoms with Gasteiger partial charge < -0.3 is 10.1 Å². The molecule has 162 valence electrons. The average Bonchev–Trinajstić information content (AvgIpc) is 3.23. The molecule has 0 aliphatic carbocycles. The van der Waals surface area contributed by atoms with E-state index in [1.807, 2.05) is 37.3 Å². The number of amides is 3. The highest BCUT2D eigenvalue weighted by Crippen LogP contribution is 2.40. The van der Waals surface area contributed by atoms with Gasteiger partial charge in [0, 0.05) is 10.4 Å². The van der Waals surface area contributed by atoms with Crippen LogP contribution in [0.3, 0.4) is 0 Å². The fraction of sp³-hybridized carbons (Fsp3) is 0.167. The lowest BCUT2D eigenvalue weighted by Gasteiger charge is -2.14. The number of carbonyl (C=O) groups is 4. The van der Waals surface area contributed by atoms with Crippen molar-refractivity contribution in [3.05, 3.63) is 76.2 Å². The molecule has 7 nitrogen and oxygen atoms in total. The van der Waals surface area contributed by atoms with Crippen LogP contribution in [0, 0.1) is 6.92 Å². The van der Waals surface area contributed by atoms with Gasteiger partial charge in [-0.2, -0.15) is 0 Å². The second-order valence-electron chi connectivity index (χ2n) is 7.11. The predicted octanol–water partition coefficient (Wildman–Crippen LogP) is 4.13. The highest BCUT2D eigenvalue weighted by Gasteiger charge is 2.36. The highest BCUT2D eigenvalue weighted by molar-refractivity contribution is 7.17. The third-order valence-corrected chi connectivity index (χ3v) is 6.08. The number of ether oxygens (including phenoxy) is 1. The third kappa shape index (κ3) is 3.80. The minimum Gasteiger partial charge on any atom is -0.462 e. The number of nitrogens with zero attached hydrogens (tertiary/aromatic N) is 1. The van der Waals surface area contributed by atoms with E-state index in [9.17, 15) is 19.2 Å². The first-order valence-corrected chi connectivity index (χ1v) is 10.8. The minimum atomic E-state index is -0.578. The van der Waals surface area contributed by atoms with Crippen LogP contribution < -0.4 is 5.32 Å². The summed E-state index contributed by atoms with van der Waals surface area (Å²) in [5, 5.41) is 3.03. The first kappa shape index (κ1) is 21.5. The minimum absolute atomic E-state index is 0.185. The van der Waals surface area contributed by atoms with Gasteiger partial charge in [-0.15, -0.1) is 11.3 Å². The van der Waals surface area contributed by atoms with Gasteiger partial charge in [-0.1, -0.05) is 42.5 Å². The van der Waals surface area contributed by atoms with Gasteiger partial charge >= 0.3 is 5.97 Å². The van der Waals surface area contributed by atoms with Crippen LogP contribution in [0.5, 0.6) is 0 Å². The van der Waals surface area contributed by atoms with E-state index in [-0.39, 0.29) is 23.3 Å². The summed E-state index contributed by atoms with van der Waals surface area (Å²) in [4.78, 5) is 52.4. The molecule has 1 N–H and O–H groups in total. The number of imide groups is 1. The van der Waals surface area contributed by atoms with Gasteiger partial charge in [0.25, 0.3) is 11.8 Å². The van der Waals surface area contributed by atoms with Crippen molar-refractivity contribution in [1.82, 2.24) is 4.90 Å². The number of carbonyl (C=O) groups excluding carboxylic acids is 4. The Labute approximate surface area is 188 Å². The van der Waals surface area contributed by atoms with Crippen LogP contribution >= 0.6 is 11.3 Å². The maximum Gasteiger partial charge on any atom is 0.341 e. The van der Waals surface area contributed by atoms with Gasteiger partial charge in [0.05, 0.1) is 17.7 Å². The molecule has 0 fully saturated rings. The number of fused-ring (bicyclic) bond motifs is 1. The average molecular weight is 449 g/mol. The fourth-order valence-corrected chi connectivity index (χ4v) is 4.76. The van der Waals surface area contributed by atoms with Gasteiger partial charge in [0.2, 0.25) is 5.91 Å². The topological polar surface area (TPSA) is 92.8 Å². The molecule has 1 aliphatic heterocycles. The lowest BCUT2D eigenvalue weighted by molar-refractivity contribution is -0.116. The van der Waals surface area contributed by atoms with Crippen molar-refractivity contribution in [3.63, 3.8) is 0 Å². The zero-order chi connectivity index (χ0) is 22.8. The second-order valence-corrected chi connectivity index (χ2v) is 8.34. The fourth-order valence-electron chi connectivity index (χ4n) is 3.68. The normalized spacial score (nSPS) is 12.6. The number of nitrogens with one attached hydrogen (secondary N) is 1. The predicted molar refractivity (Wildman–Crippen MR) is 121 cm³/mol. The molecule has 4 rings (SSSR count). The molecule has 0 unspecified atom stereocenters. The van der Waals surface area contributed by atoms with Crippen molar-refractivity contribution < 1.29 is 23.9 Å². The largest absolute Gasteiger partial charge is 0.462 e. The summed E-state index contributed by atoms with van der Waals surface area (Å²) in [6.45, 7) is 3.30. The Kier molecular flexibility index (Phi) is 5.87. The first-order valence-electron chi connectivity index (χ1n) is 10.0. The number of benzene rings is 2. The zero-order valence-corrected chi connectivity index (χ0v) is 18.3. The van der Waals surface area contributed by atoms with Gasteiger partial charge in [-0.05, 0) is 31.5 Å². The van der Waals surface area contributed by atoms with E-state index in [0.29, 0.717) is 10.6 Å². The molecule has 0 radical (unpaired) electrons. The number of aryl methyl sites for hydroxylation is 1. The van der Waals surface area contributed by atoms with Crippen LogP contribution in [0.25, 0.3) is 11.1 Å². The zero-order valence-electron chi connectivity index (χ0n) is 17.5. The van der Waals surface area contributed by atoms with Crippen molar-refractivity contribution in [3.8, 4) is 11.1 Å². The van der Waals surface area contributed by atoms with Gasteiger partial charge in [0.15, 0.2) is 0 Å². The van der Waals surface area contributed by atoms with E-state index >= 15 is 0 Å². The number of hydrogen-bond acceptors (Lipinski definition) is 6. The van der Waals surface area contributed by atoms with E-state index in [1.165, 1.54) is 11.3 Å². The lowest BCUT2D eigenvalue weighted by Crippen LogP contribution is -2.37. The molecule has 0 atom stereocenters. The highest BCUT2D eigenvalue weighted by atomic mass is 32.1. The van der Waals surface area contributed by atoms with Crippen molar-refractivity contribution in [2.75, 3.05) is 18.5 Å². The van der Waals surface area contributed by atoms with Crippen LogP contribution in [0.2, 0.25) is 0 Å². The Hall–Kier alpha value is -3.78. The SMILES string of the molecule is CCOC(=O)c1c(NC(=O)CN2C(=O)c3ccccc3C2=O)sc(C)c1-c1ccccc1. The van der Waals surface area contributed by atoms with Gasteiger partial charge in [-0.3, -0.25) is 19.3 Å². The monoisotopic (exact) mass is 448 g/mol. The number of esters is 1. The summed E-state index contributed by atoms with van der Waals surface area (Å²) < 4.78 is 5.23. The van der Waals surface area contributed by atoms with E-state index < -0.39 is 30.2 Å². The number of hydrogen-bond donors (Lipinski definition) is 1. The molecule has 1 aliphatic rings. The molecule has 0 saturated carbocycles. The summed E-state index contributed by atoms with van der Waals surface area (Å²) in [5.41, 5.74) is 2.32. The van der Waals surface area contributed by atoms with Crippen molar-refractivity contribution in [1.29, 1.82) is 0 Å². The maximum atomic E-state index is 12.8. The van der Waals surface area contributed by atoms with Gasteiger partial charge in [0.1, 0.15) is 17.1 Å². The summed E-state index contributed by atoms with van der Waals surface area (Å²) >= 11 is 1.24. The summed E-state index contributed by atoms with van der Waals surface area (Å²) in [6, 6.07) is 15.8. The van der Waals surface area contributed by atoms with Crippen molar-refractivity contribution in [2.45, 2.75) is 13.8 Å². The van der Waals surface area contributed by atoms with E-state index in [4.69, 9.17) is 4.74 Å². The molecule has 3 amide bonds. The standard InChI is InChI=1S/C24H20N2O5S/c1-3-31-24(30)20-19(15-9-5-4-6-10-15)14(2)32-21(20)25-18(27)13-26-22(28)16-11-7-8-12-17(16)23(26)29/h4-12H,3,13H2,1-2H3,(H,25,27). The Morgan fingerprint density at radius 3 is 2.16 bits per heavy atom. The number of rotatable bonds is 6. The molecule has 0 saturated heterocycles. The van der Waals surface area contributed by atoms with Crippen molar-refractivity contribution in [2.24, 2.45) is 0 Å². The number of thiophene rings is 1. The molecule has 2 aromatic carbocycles. The van der Waals surface area contributed by atoms with E-state index in [2.05, 4.69) is 5.32 Å².